The van der Waals surface area contributed by atoms with Crippen molar-refractivity contribution in [1.82, 2.24) is 0 Å². The van der Waals surface area contributed by atoms with Gasteiger partial charge in [-0.3, -0.25) is 0 Å². The smallest absolute Gasteiger partial charge is 0.0462 e. The Morgan fingerprint density at radius 2 is 0.540 bits per heavy atom. The van der Waals surface area contributed by atoms with Crippen molar-refractivity contribution in [2.45, 2.75) is 6.92 Å². The zero-order valence-corrected chi connectivity index (χ0v) is 35.4. The number of benzene rings is 9. The van der Waals surface area contributed by atoms with E-state index in [0.717, 1.165) is 56.4 Å². The lowest BCUT2D eigenvalue weighted by Crippen LogP contribution is -2.10. The highest BCUT2D eigenvalue weighted by atomic mass is 15.1. The summed E-state index contributed by atoms with van der Waals surface area (Å²) in [5, 5.41) is 0. The van der Waals surface area contributed by atoms with Gasteiger partial charge in [0.2, 0.25) is 0 Å². The fourth-order valence-electron chi connectivity index (χ4n) is 8.00. The Hall–Kier alpha value is -8.20. The molecule has 9 aromatic carbocycles. The molecule has 0 aliphatic rings. The summed E-state index contributed by atoms with van der Waals surface area (Å²) in [6, 6.07) is 84.6. The van der Waals surface area contributed by atoms with Crippen LogP contribution in [0.25, 0.3) is 50.1 Å². The Kier molecular flexibility index (Phi) is 12.1. The van der Waals surface area contributed by atoms with Gasteiger partial charge in [0.15, 0.2) is 0 Å². The third-order valence-corrected chi connectivity index (χ3v) is 11.4. The van der Waals surface area contributed by atoms with Crippen LogP contribution in [0.2, 0.25) is 0 Å². The minimum absolute atomic E-state index is 0.971. The van der Waals surface area contributed by atoms with E-state index in [1.807, 2.05) is 31.2 Å². The number of allylic oxidation sites excluding steroid dienone is 5. The highest BCUT2D eigenvalue weighted by Gasteiger charge is 2.16. The molecule has 0 atom stereocenters. The summed E-state index contributed by atoms with van der Waals surface area (Å²) in [6.45, 7) is 6.31. The Labute approximate surface area is 372 Å². The zero-order valence-electron chi connectivity index (χ0n) is 35.4. The van der Waals surface area contributed by atoms with Crippen LogP contribution in [0.4, 0.5) is 34.1 Å². The van der Waals surface area contributed by atoms with E-state index in [4.69, 9.17) is 0 Å². The average Bonchev–Trinajstić information content (AvgIpc) is 3.36. The van der Waals surface area contributed by atoms with Gasteiger partial charge in [0, 0.05) is 34.1 Å². The third-order valence-electron chi connectivity index (χ3n) is 11.4. The van der Waals surface area contributed by atoms with Crippen molar-refractivity contribution < 1.29 is 0 Å². The number of hydrogen-bond acceptors (Lipinski definition) is 2. The predicted molar refractivity (Wildman–Crippen MR) is 271 cm³/mol. The van der Waals surface area contributed by atoms with Crippen LogP contribution in [-0.4, -0.2) is 0 Å². The van der Waals surface area contributed by atoms with Crippen molar-refractivity contribution in [3.05, 3.63) is 273 Å². The van der Waals surface area contributed by atoms with Crippen LogP contribution in [0.15, 0.2) is 267 Å². The number of anilines is 6. The molecule has 0 aliphatic carbocycles. The minimum Gasteiger partial charge on any atom is -0.311 e. The molecular formula is C61H48N2. The molecule has 0 fully saturated rings. The van der Waals surface area contributed by atoms with E-state index < -0.39 is 0 Å². The van der Waals surface area contributed by atoms with Crippen molar-refractivity contribution in [2.75, 3.05) is 9.80 Å². The Balaban J connectivity index is 1.02. The molecule has 0 N–H and O–H groups in total. The van der Waals surface area contributed by atoms with Crippen molar-refractivity contribution in [1.29, 1.82) is 0 Å². The number of hydrogen-bond donors (Lipinski definition) is 0. The second-order valence-corrected chi connectivity index (χ2v) is 15.5. The monoisotopic (exact) mass is 808 g/mol. The molecule has 302 valence electrons. The van der Waals surface area contributed by atoms with Gasteiger partial charge in [-0.25, -0.2) is 0 Å². The third kappa shape index (κ3) is 9.27. The van der Waals surface area contributed by atoms with E-state index in [-0.39, 0.29) is 0 Å². The van der Waals surface area contributed by atoms with Crippen LogP contribution in [0.1, 0.15) is 12.5 Å². The summed E-state index contributed by atoms with van der Waals surface area (Å²) >= 11 is 0. The van der Waals surface area contributed by atoms with E-state index in [2.05, 4.69) is 253 Å². The molecule has 0 saturated carbocycles. The molecular weight excluding hydrogens is 761 g/mol. The molecule has 0 aromatic heterocycles. The van der Waals surface area contributed by atoms with E-state index in [1.54, 1.807) is 0 Å². The van der Waals surface area contributed by atoms with Crippen molar-refractivity contribution in [2.24, 2.45) is 0 Å². The van der Waals surface area contributed by atoms with Gasteiger partial charge >= 0.3 is 0 Å². The molecule has 0 radical (unpaired) electrons. The maximum Gasteiger partial charge on any atom is 0.0462 e. The number of nitrogens with zero attached hydrogens (tertiary/aromatic N) is 2. The fourth-order valence-corrected chi connectivity index (χ4v) is 8.00. The van der Waals surface area contributed by atoms with E-state index >= 15 is 0 Å². The number of rotatable bonds is 13. The van der Waals surface area contributed by atoms with Crippen molar-refractivity contribution >= 4 is 39.7 Å². The van der Waals surface area contributed by atoms with Crippen LogP contribution in [0.3, 0.4) is 0 Å². The Bertz CT molecular complexity index is 2850. The predicted octanol–water partition coefficient (Wildman–Crippen LogP) is 17.4. The van der Waals surface area contributed by atoms with Gasteiger partial charge < -0.3 is 9.80 Å². The maximum absolute atomic E-state index is 4.30. The van der Waals surface area contributed by atoms with Crippen LogP contribution in [0.5, 0.6) is 0 Å². The van der Waals surface area contributed by atoms with Gasteiger partial charge in [-0.15, -0.1) is 0 Å². The van der Waals surface area contributed by atoms with Gasteiger partial charge in [0.25, 0.3) is 0 Å². The van der Waals surface area contributed by atoms with E-state index in [0.29, 0.717) is 0 Å². The molecule has 2 nitrogen and oxygen atoms in total. The van der Waals surface area contributed by atoms with Crippen molar-refractivity contribution in [3.8, 4) is 44.5 Å². The minimum atomic E-state index is 0.971. The highest BCUT2D eigenvalue weighted by molar-refractivity contribution is 5.84. The maximum atomic E-state index is 4.30. The van der Waals surface area contributed by atoms with Crippen molar-refractivity contribution in [3.63, 3.8) is 0 Å². The Morgan fingerprint density at radius 1 is 0.302 bits per heavy atom. The largest absolute Gasteiger partial charge is 0.311 e. The molecule has 0 spiro atoms. The summed E-state index contributed by atoms with van der Waals surface area (Å²) in [5.41, 5.74) is 18.0. The highest BCUT2D eigenvalue weighted by Crippen LogP contribution is 2.40. The summed E-state index contributed by atoms with van der Waals surface area (Å²) in [4.78, 5) is 4.64. The van der Waals surface area contributed by atoms with E-state index in [1.165, 1.54) is 33.4 Å². The van der Waals surface area contributed by atoms with Gasteiger partial charge in [-0.2, -0.15) is 0 Å². The molecule has 9 aromatic rings. The topological polar surface area (TPSA) is 6.48 Å². The summed E-state index contributed by atoms with van der Waals surface area (Å²) < 4.78 is 0. The molecule has 0 unspecified atom stereocenters. The van der Waals surface area contributed by atoms with Crippen LogP contribution < -0.4 is 9.80 Å². The summed E-state index contributed by atoms with van der Waals surface area (Å²) in [7, 11) is 0. The molecule has 9 rings (SSSR count). The SMILES string of the molecule is C=C(C=CC=CC)c1ccc(N(c2ccc(-c3ccccc3)cc2)c2ccc(-c3ccc(N(c4ccc(-c5ccccc5)cc4)c4ccc(-c5ccccc5)cc4)cc3)cc2)cc1. The first-order valence-electron chi connectivity index (χ1n) is 21.5. The van der Waals surface area contributed by atoms with E-state index in [9.17, 15) is 0 Å². The second-order valence-electron chi connectivity index (χ2n) is 15.5. The first-order chi connectivity index (χ1) is 31.1. The van der Waals surface area contributed by atoms with Crippen LogP contribution in [0, 0.1) is 0 Å². The first-order valence-corrected chi connectivity index (χ1v) is 21.5. The van der Waals surface area contributed by atoms with Gasteiger partial charge in [0.1, 0.15) is 0 Å². The zero-order chi connectivity index (χ0) is 42.8. The first kappa shape index (κ1) is 40.2. The second kappa shape index (κ2) is 19.0. The lowest BCUT2D eigenvalue weighted by atomic mass is 10.0. The fraction of sp³-hybridized carbons (Fsp3) is 0.0164. The van der Waals surface area contributed by atoms with Gasteiger partial charge in [-0.1, -0.05) is 195 Å². The molecule has 0 heterocycles. The molecule has 0 saturated heterocycles. The molecule has 0 amide bonds. The summed E-state index contributed by atoms with van der Waals surface area (Å²) in [6.07, 6.45) is 8.11. The van der Waals surface area contributed by atoms with Crippen LogP contribution in [-0.2, 0) is 0 Å². The normalized spacial score (nSPS) is 11.2. The summed E-state index contributed by atoms with van der Waals surface area (Å²) in [5.74, 6) is 0. The Morgan fingerprint density at radius 3 is 0.794 bits per heavy atom. The molecule has 0 bridgehead atoms. The standard InChI is InChI=1S/C61H48N2/c1-3-4-8-15-46(2)47-22-34-56(35-23-47)62(57-36-24-51(25-37-57)48-16-9-5-10-17-48)60-42-30-54(31-43-60)55-32-44-61(45-33-55)63(58-38-26-52(27-39-58)49-18-11-6-12-19-49)59-40-28-53(29-41-59)50-20-13-7-14-21-50/h3-45H,2H2,1H3. The molecule has 2 heteroatoms. The lowest BCUT2D eigenvalue weighted by Gasteiger charge is -2.27. The van der Waals surface area contributed by atoms with Gasteiger partial charge in [-0.05, 0) is 135 Å². The van der Waals surface area contributed by atoms with Gasteiger partial charge in [0.05, 0.1) is 0 Å². The molecule has 63 heavy (non-hydrogen) atoms. The van der Waals surface area contributed by atoms with Crippen LogP contribution >= 0.6 is 0 Å². The quantitative estimate of drug-likeness (QED) is 0.107. The lowest BCUT2D eigenvalue weighted by molar-refractivity contribution is 1.28. The average molecular weight is 809 g/mol. The molecule has 0 aliphatic heterocycles.